The van der Waals surface area contributed by atoms with E-state index in [-0.39, 0.29) is 23.9 Å². The fourth-order valence-electron chi connectivity index (χ4n) is 4.89. The molecule has 0 aliphatic heterocycles. The predicted octanol–water partition coefficient (Wildman–Crippen LogP) is 5.31. The average Bonchev–Trinajstić information content (AvgIpc) is 2.96. The number of likely N-dealkylation sites (N-methyl/N-ethyl adjacent to an activating group) is 1. The van der Waals surface area contributed by atoms with Gasteiger partial charge in [-0.25, -0.2) is 15.0 Å². The van der Waals surface area contributed by atoms with Gasteiger partial charge < -0.3 is 25.0 Å². The third-order valence-corrected chi connectivity index (χ3v) is 7.30. The Kier molecular flexibility index (Phi) is 8.91. The van der Waals surface area contributed by atoms with E-state index in [1.807, 2.05) is 43.1 Å². The number of anilines is 3. The first-order chi connectivity index (χ1) is 19.9. The van der Waals surface area contributed by atoms with Crippen LogP contribution in [-0.4, -0.2) is 65.7 Å². The molecule has 0 fully saturated rings. The number of alkyl halides is 2. The lowest BCUT2D eigenvalue weighted by atomic mass is 9.94. The number of aliphatic hydroxyl groups excluding tert-OH is 1. The molecule has 11 heteroatoms. The lowest BCUT2D eigenvalue weighted by Crippen LogP contribution is -2.24. The van der Waals surface area contributed by atoms with Crippen molar-refractivity contribution in [3.63, 3.8) is 0 Å². The number of pyridine rings is 1. The summed E-state index contributed by atoms with van der Waals surface area (Å²) in [7, 11) is 6.81. The molecule has 0 spiro atoms. The number of hydrogen-bond acceptors (Lipinski definition) is 8. The fourth-order valence-corrected chi connectivity index (χ4v) is 4.89. The molecule has 42 heavy (non-hydrogen) atoms. The molecule has 0 saturated heterocycles. The molecule has 2 aromatic carbocycles. The molecule has 0 unspecified atom stereocenters. The van der Waals surface area contributed by atoms with E-state index in [0.29, 0.717) is 34.2 Å². The van der Waals surface area contributed by atoms with Crippen molar-refractivity contribution in [3.05, 3.63) is 76.7 Å². The molecule has 1 atom stereocenters. The highest BCUT2D eigenvalue weighted by molar-refractivity contribution is 5.92. The Labute approximate surface area is 244 Å². The van der Waals surface area contributed by atoms with Crippen molar-refractivity contribution < 1.29 is 23.4 Å². The minimum absolute atomic E-state index is 0.0705. The van der Waals surface area contributed by atoms with Gasteiger partial charge in [-0.2, -0.15) is 8.78 Å². The number of nitrogens with zero attached hydrogens (tertiary/aromatic N) is 5. The molecule has 9 nitrogen and oxygen atoms in total. The standard InChI is InChI=1S/C31H36F2N6O3/c1-18-24(9-8-10-26(18)31(32,33)17-40)19(2)35-29-25-15-22(11-12-27(25)36-20(3)37-29)39(6)23-13-21(14-28(41)38(4)5)30(42-7)34-16-23/h8-13,15-16,19,40H,14,17H2,1-7H3,(H,35,36,37)/t19-/m1/s1. The smallest absolute Gasteiger partial charge is 0.296 e. The van der Waals surface area contributed by atoms with Crippen LogP contribution < -0.4 is 15.0 Å². The first-order valence-corrected chi connectivity index (χ1v) is 13.5. The van der Waals surface area contributed by atoms with Gasteiger partial charge in [-0.1, -0.05) is 18.2 Å². The Balaban J connectivity index is 1.70. The molecule has 4 aromatic rings. The molecule has 2 aromatic heterocycles. The second-order valence-electron chi connectivity index (χ2n) is 10.5. The number of aromatic nitrogens is 3. The number of amides is 1. The lowest BCUT2D eigenvalue weighted by molar-refractivity contribution is -0.128. The lowest BCUT2D eigenvalue weighted by Gasteiger charge is -2.24. The number of ether oxygens (including phenoxy) is 1. The van der Waals surface area contributed by atoms with Crippen molar-refractivity contribution in [3.8, 4) is 5.88 Å². The van der Waals surface area contributed by atoms with E-state index in [9.17, 15) is 18.7 Å². The second kappa shape index (κ2) is 12.2. The highest BCUT2D eigenvalue weighted by atomic mass is 19.3. The summed E-state index contributed by atoms with van der Waals surface area (Å²) in [5.41, 5.74) is 3.83. The van der Waals surface area contributed by atoms with Crippen LogP contribution in [0.15, 0.2) is 48.7 Å². The zero-order valence-electron chi connectivity index (χ0n) is 24.9. The Morgan fingerprint density at radius 3 is 2.50 bits per heavy atom. The first kappa shape index (κ1) is 30.6. The van der Waals surface area contributed by atoms with Crippen LogP contribution in [0.25, 0.3) is 10.9 Å². The van der Waals surface area contributed by atoms with Crippen LogP contribution >= 0.6 is 0 Å². The maximum atomic E-state index is 14.4. The molecule has 222 valence electrons. The van der Waals surface area contributed by atoms with Gasteiger partial charge in [0.05, 0.1) is 37.0 Å². The normalized spacial score (nSPS) is 12.2. The summed E-state index contributed by atoms with van der Waals surface area (Å²) < 4.78 is 34.1. The van der Waals surface area contributed by atoms with Gasteiger partial charge in [-0.15, -0.1) is 0 Å². The summed E-state index contributed by atoms with van der Waals surface area (Å²) >= 11 is 0. The van der Waals surface area contributed by atoms with Crippen LogP contribution in [0.4, 0.5) is 26.0 Å². The van der Waals surface area contributed by atoms with Gasteiger partial charge in [0.1, 0.15) is 18.2 Å². The second-order valence-corrected chi connectivity index (χ2v) is 10.5. The van der Waals surface area contributed by atoms with Crippen LogP contribution in [0, 0.1) is 13.8 Å². The van der Waals surface area contributed by atoms with Crippen LogP contribution in [-0.2, 0) is 17.1 Å². The zero-order valence-corrected chi connectivity index (χ0v) is 24.9. The number of halogens is 2. The third kappa shape index (κ3) is 6.25. The average molecular weight is 579 g/mol. The van der Waals surface area contributed by atoms with Crippen molar-refractivity contribution >= 4 is 34.0 Å². The number of methoxy groups -OCH3 is 1. The monoisotopic (exact) mass is 578 g/mol. The zero-order chi connectivity index (χ0) is 30.8. The molecule has 2 N–H and O–H groups in total. The molecule has 0 radical (unpaired) electrons. The number of rotatable bonds is 10. The van der Waals surface area contributed by atoms with E-state index in [0.717, 1.165) is 22.3 Å². The largest absolute Gasteiger partial charge is 0.481 e. The van der Waals surface area contributed by atoms with Crippen LogP contribution in [0.1, 0.15) is 41.0 Å². The molecule has 2 heterocycles. The van der Waals surface area contributed by atoms with Gasteiger partial charge in [0.2, 0.25) is 11.8 Å². The van der Waals surface area contributed by atoms with Gasteiger partial charge >= 0.3 is 0 Å². The topological polar surface area (TPSA) is 104 Å². The summed E-state index contributed by atoms with van der Waals surface area (Å²) in [4.78, 5) is 29.5. The number of aryl methyl sites for hydroxylation is 1. The Hall–Kier alpha value is -4.38. The van der Waals surface area contributed by atoms with E-state index < -0.39 is 12.5 Å². The summed E-state index contributed by atoms with van der Waals surface area (Å²) in [5.74, 6) is -1.90. The molecular formula is C31H36F2N6O3. The van der Waals surface area contributed by atoms with E-state index in [2.05, 4.69) is 20.3 Å². The first-order valence-electron chi connectivity index (χ1n) is 13.5. The number of carbonyl (C=O) groups is 1. The molecule has 1 amide bonds. The molecule has 0 saturated carbocycles. The predicted molar refractivity (Wildman–Crippen MR) is 160 cm³/mol. The van der Waals surface area contributed by atoms with Crippen LogP contribution in [0.2, 0.25) is 0 Å². The number of benzene rings is 2. The van der Waals surface area contributed by atoms with Crippen LogP contribution in [0.5, 0.6) is 5.88 Å². The maximum absolute atomic E-state index is 14.4. The number of fused-ring (bicyclic) bond motifs is 1. The van der Waals surface area contributed by atoms with Gasteiger partial charge in [-0.3, -0.25) is 4.79 Å². The summed E-state index contributed by atoms with van der Waals surface area (Å²) in [5, 5.41) is 13.4. The van der Waals surface area contributed by atoms with Crippen molar-refractivity contribution in [1.82, 2.24) is 19.9 Å². The minimum Gasteiger partial charge on any atom is -0.481 e. The van der Waals surface area contributed by atoms with Crippen molar-refractivity contribution in [2.24, 2.45) is 0 Å². The van der Waals surface area contributed by atoms with Gasteiger partial charge in [0.15, 0.2) is 0 Å². The van der Waals surface area contributed by atoms with E-state index in [4.69, 9.17) is 4.74 Å². The van der Waals surface area contributed by atoms with Crippen molar-refractivity contribution in [1.29, 1.82) is 0 Å². The van der Waals surface area contributed by atoms with Gasteiger partial charge in [-0.05, 0) is 56.2 Å². The van der Waals surface area contributed by atoms with Crippen LogP contribution in [0.3, 0.4) is 0 Å². The Morgan fingerprint density at radius 2 is 1.83 bits per heavy atom. The number of aliphatic hydroxyl groups is 1. The van der Waals surface area contributed by atoms with E-state index in [1.165, 1.54) is 18.1 Å². The highest BCUT2D eigenvalue weighted by Gasteiger charge is 2.33. The van der Waals surface area contributed by atoms with E-state index >= 15 is 0 Å². The molecule has 0 aliphatic carbocycles. The maximum Gasteiger partial charge on any atom is 0.296 e. The Bertz CT molecular complexity index is 1610. The number of nitrogens with one attached hydrogen (secondary N) is 1. The third-order valence-electron chi connectivity index (χ3n) is 7.30. The molecule has 0 bridgehead atoms. The summed E-state index contributed by atoms with van der Waals surface area (Å²) in [6.45, 7) is 4.04. The van der Waals surface area contributed by atoms with E-state index in [1.54, 1.807) is 46.3 Å². The molecule has 4 rings (SSSR count). The summed E-state index contributed by atoms with van der Waals surface area (Å²) in [6, 6.07) is 12.0. The van der Waals surface area contributed by atoms with Gasteiger partial charge in [0.25, 0.3) is 5.92 Å². The number of carbonyl (C=O) groups excluding carboxylic acids is 1. The minimum atomic E-state index is -3.34. The van der Waals surface area contributed by atoms with Crippen molar-refractivity contribution in [2.45, 2.75) is 39.2 Å². The molecule has 0 aliphatic rings. The number of hydrogen-bond donors (Lipinski definition) is 2. The van der Waals surface area contributed by atoms with Gasteiger partial charge in [0, 0.05) is 43.3 Å². The SMILES string of the molecule is COc1ncc(N(C)c2ccc3nc(C)nc(N[C@H](C)c4cccc(C(F)(F)CO)c4C)c3c2)cc1CC(=O)N(C)C. The molecular weight excluding hydrogens is 542 g/mol. The fraction of sp³-hybridized carbons (Fsp3) is 0.355. The van der Waals surface area contributed by atoms with Crippen molar-refractivity contribution in [2.75, 3.05) is 45.1 Å². The Morgan fingerprint density at radius 1 is 1.10 bits per heavy atom. The highest BCUT2D eigenvalue weighted by Crippen LogP contribution is 2.36. The quantitative estimate of drug-likeness (QED) is 0.261. The summed E-state index contributed by atoms with van der Waals surface area (Å²) in [6.07, 6.45) is 1.82.